The van der Waals surface area contributed by atoms with Gasteiger partial charge in [0.15, 0.2) is 9.84 Å². The number of nitrogens with two attached hydrogens (primary N) is 1. The van der Waals surface area contributed by atoms with Crippen molar-refractivity contribution in [3.8, 4) is 0 Å². The molecule has 0 aromatic rings. The summed E-state index contributed by atoms with van der Waals surface area (Å²) in [4.78, 5) is 11.9. The Bertz CT molecular complexity index is 394. The lowest BCUT2D eigenvalue weighted by Crippen LogP contribution is -2.31. The van der Waals surface area contributed by atoms with Crippen LogP contribution in [0.3, 0.4) is 0 Å². The van der Waals surface area contributed by atoms with E-state index in [0.717, 1.165) is 12.8 Å². The van der Waals surface area contributed by atoms with Crippen LogP contribution in [0.15, 0.2) is 0 Å². The summed E-state index contributed by atoms with van der Waals surface area (Å²) < 4.78 is 23.1. The number of sulfone groups is 1. The molecule has 0 saturated carbocycles. The second kappa shape index (κ2) is 8.13. The minimum Gasteiger partial charge on any atom is -0.330 e. The summed E-state index contributed by atoms with van der Waals surface area (Å²) in [5, 5.41) is 0. The Morgan fingerprint density at radius 2 is 1.65 bits per heavy atom. The molecule has 0 aromatic heterocycles. The largest absolute Gasteiger partial charge is 0.330 e. The fourth-order valence-corrected chi connectivity index (χ4v) is 3.16. The Hall–Kier alpha value is -0.420. The topological polar surface area (TPSA) is 77.2 Å². The van der Waals surface area contributed by atoms with E-state index in [1.165, 1.54) is 0 Å². The molecule has 5 heteroatoms. The van der Waals surface area contributed by atoms with Crippen LogP contribution in [-0.4, -0.2) is 31.2 Å². The van der Waals surface area contributed by atoms with Gasteiger partial charge in [-0.15, -0.1) is 0 Å². The molecular formula is C15H31NO3S. The molecule has 4 nitrogen and oxygen atoms in total. The second-order valence-electron chi connectivity index (χ2n) is 6.84. The minimum absolute atomic E-state index is 0.0421. The molecule has 0 aromatic carbocycles. The van der Waals surface area contributed by atoms with Crippen molar-refractivity contribution in [2.45, 2.75) is 65.0 Å². The van der Waals surface area contributed by atoms with Crippen LogP contribution < -0.4 is 5.73 Å². The first kappa shape index (κ1) is 19.6. The van der Waals surface area contributed by atoms with Gasteiger partial charge in [-0.3, -0.25) is 4.79 Å². The normalized spacial score (nSPS) is 14.6. The van der Waals surface area contributed by atoms with E-state index in [9.17, 15) is 13.2 Å². The number of rotatable bonds is 9. The molecule has 1 unspecified atom stereocenters. The summed E-state index contributed by atoms with van der Waals surface area (Å²) in [6.07, 6.45) is 2.32. The first-order valence-electron chi connectivity index (χ1n) is 7.45. The molecule has 2 N–H and O–H groups in total. The van der Waals surface area contributed by atoms with Gasteiger partial charge in [0, 0.05) is 12.8 Å². The van der Waals surface area contributed by atoms with Crippen LogP contribution in [0.5, 0.6) is 0 Å². The van der Waals surface area contributed by atoms with Crippen LogP contribution in [-0.2, 0) is 14.6 Å². The lowest BCUT2D eigenvalue weighted by molar-refractivity contribution is -0.119. The van der Waals surface area contributed by atoms with E-state index in [-0.39, 0.29) is 18.0 Å². The molecule has 20 heavy (non-hydrogen) atoms. The number of carbonyl (C=O) groups is 1. The summed E-state index contributed by atoms with van der Waals surface area (Å²) in [5.41, 5.74) is 5.57. The Balaban J connectivity index is 4.25. The van der Waals surface area contributed by atoms with Crippen LogP contribution >= 0.6 is 0 Å². The van der Waals surface area contributed by atoms with Gasteiger partial charge in [0.05, 0.1) is 10.5 Å². The molecule has 0 saturated heterocycles. The van der Waals surface area contributed by atoms with Crippen LogP contribution in [0.1, 0.15) is 60.3 Å². The first-order chi connectivity index (χ1) is 9.01. The standard InChI is InChI=1S/C15H31NO3S/c1-12(2)13(8-10-16)6-7-14(17)9-11-20(18,19)15(3,4)5/h12-13H,6-11,16H2,1-5H3. The van der Waals surface area contributed by atoms with Gasteiger partial charge in [0.2, 0.25) is 0 Å². The van der Waals surface area contributed by atoms with Crippen molar-refractivity contribution >= 4 is 15.6 Å². The summed E-state index contributed by atoms with van der Waals surface area (Å²) in [6, 6.07) is 0. The Morgan fingerprint density at radius 1 is 1.10 bits per heavy atom. The number of Topliss-reactive ketones (excluding diaryl/α,β-unsaturated/α-hetero) is 1. The summed E-state index contributed by atoms with van der Waals surface area (Å²) in [5.74, 6) is 0.951. The molecule has 0 aliphatic carbocycles. The zero-order valence-electron chi connectivity index (χ0n) is 13.6. The second-order valence-corrected chi connectivity index (χ2v) is 9.70. The highest BCUT2D eigenvalue weighted by molar-refractivity contribution is 7.92. The van der Waals surface area contributed by atoms with E-state index in [2.05, 4.69) is 13.8 Å². The number of carbonyl (C=O) groups excluding carboxylic acids is 1. The maximum absolute atomic E-state index is 11.9. The van der Waals surface area contributed by atoms with E-state index in [0.29, 0.717) is 24.8 Å². The van der Waals surface area contributed by atoms with Crippen molar-refractivity contribution in [3.63, 3.8) is 0 Å². The van der Waals surface area contributed by atoms with Gasteiger partial charge in [0.25, 0.3) is 0 Å². The lowest BCUT2D eigenvalue weighted by Gasteiger charge is -2.20. The zero-order valence-corrected chi connectivity index (χ0v) is 14.4. The van der Waals surface area contributed by atoms with E-state index >= 15 is 0 Å². The molecule has 0 amide bonds. The average Bonchev–Trinajstić information content (AvgIpc) is 2.30. The maximum Gasteiger partial charge on any atom is 0.155 e. The number of hydrogen-bond donors (Lipinski definition) is 1. The van der Waals surface area contributed by atoms with Crippen molar-refractivity contribution in [1.82, 2.24) is 0 Å². The average molecular weight is 305 g/mol. The summed E-state index contributed by atoms with van der Waals surface area (Å²) in [6.45, 7) is 9.91. The molecule has 0 bridgehead atoms. The SMILES string of the molecule is CC(C)C(CCN)CCC(=O)CCS(=O)(=O)C(C)(C)C. The molecule has 0 aliphatic rings. The molecule has 0 aliphatic heterocycles. The van der Waals surface area contributed by atoms with Crippen molar-refractivity contribution in [2.75, 3.05) is 12.3 Å². The van der Waals surface area contributed by atoms with E-state index in [4.69, 9.17) is 5.73 Å². The first-order valence-corrected chi connectivity index (χ1v) is 9.10. The Labute approximate surface area is 124 Å². The van der Waals surface area contributed by atoms with Gasteiger partial charge in [0.1, 0.15) is 5.78 Å². The third kappa shape index (κ3) is 6.84. The smallest absolute Gasteiger partial charge is 0.155 e. The molecule has 0 fully saturated rings. The quantitative estimate of drug-likeness (QED) is 0.710. The molecular weight excluding hydrogens is 274 g/mol. The Morgan fingerprint density at radius 3 is 2.05 bits per heavy atom. The van der Waals surface area contributed by atoms with Gasteiger partial charge in [-0.25, -0.2) is 8.42 Å². The predicted molar refractivity (Wildman–Crippen MR) is 84.4 cm³/mol. The van der Waals surface area contributed by atoms with Gasteiger partial charge < -0.3 is 5.73 Å². The van der Waals surface area contributed by atoms with Crippen molar-refractivity contribution in [3.05, 3.63) is 0 Å². The predicted octanol–water partition coefficient (Wildman–Crippen LogP) is 2.56. The fraction of sp³-hybridized carbons (Fsp3) is 0.933. The highest BCUT2D eigenvalue weighted by Crippen LogP contribution is 2.22. The van der Waals surface area contributed by atoms with Gasteiger partial charge in [-0.1, -0.05) is 13.8 Å². The Kier molecular flexibility index (Phi) is 7.96. The van der Waals surface area contributed by atoms with Crippen LogP contribution in [0.2, 0.25) is 0 Å². The molecule has 0 rings (SSSR count). The molecule has 0 heterocycles. The fourth-order valence-electron chi connectivity index (χ4n) is 2.05. The molecule has 1 atom stereocenters. The van der Waals surface area contributed by atoms with Crippen LogP contribution in [0.25, 0.3) is 0 Å². The van der Waals surface area contributed by atoms with E-state index in [1.54, 1.807) is 20.8 Å². The monoisotopic (exact) mass is 305 g/mol. The van der Waals surface area contributed by atoms with Crippen molar-refractivity contribution in [1.29, 1.82) is 0 Å². The summed E-state index contributed by atoms with van der Waals surface area (Å²) >= 11 is 0. The van der Waals surface area contributed by atoms with Gasteiger partial charge in [-0.05, 0) is 52.0 Å². The van der Waals surface area contributed by atoms with Crippen molar-refractivity contribution < 1.29 is 13.2 Å². The highest BCUT2D eigenvalue weighted by Gasteiger charge is 2.29. The zero-order chi connectivity index (χ0) is 16.0. The minimum atomic E-state index is -3.20. The summed E-state index contributed by atoms with van der Waals surface area (Å²) in [7, 11) is -3.20. The van der Waals surface area contributed by atoms with E-state index in [1.807, 2.05) is 0 Å². The van der Waals surface area contributed by atoms with Crippen LogP contribution in [0.4, 0.5) is 0 Å². The van der Waals surface area contributed by atoms with Crippen molar-refractivity contribution in [2.24, 2.45) is 17.6 Å². The third-order valence-electron chi connectivity index (χ3n) is 3.86. The molecule has 0 radical (unpaired) electrons. The van der Waals surface area contributed by atoms with Crippen LogP contribution in [0, 0.1) is 11.8 Å². The maximum atomic E-state index is 11.9. The molecule has 0 spiro atoms. The van der Waals surface area contributed by atoms with E-state index < -0.39 is 14.6 Å². The lowest BCUT2D eigenvalue weighted by atomic mass is 9.87. The van der Waals surface area contributed by atoms with Gasteiger partial charge in [-0.2, -0.15) is 0 Å². The number of ketones is 1. The number of hydrogen-bond acceptors (Lipinski definition) is 4. The third-order valence-corrected chi connectivity index (χ3v) is 6.46. The van der Waals surface area contributed by atoms with Gasteiger partial charge >= 0.3 is 0 Å². The molecule has 120 valence electrons. The highest BCUT2D eigenvalue weighted by atomic mass is 32.2.